The molecule has 0 N–H and O–H groups in total. The number of aromatic nitrogens is 2. The van der Waals surface area contributed by atoms with Crippen LogP contribution in [0.4, 0.5) is 0 Å². The van der Waals surface area contributed by atoms with E-state index in [9.17, 15) is 0 Å². The summed E-state index contributed by atoms with van der Waals surface area (Å²) in [4.78, 5) is 9.08. The first kappa shape index (κ1) is 16.6. The van der Waals surface area contributed by atoms with E-state index in [0.29, 0.717) is 11.8 Å². The highest BCUT2D eigenvalue weighted by atomic mass is 14.8. The third kappa shape index (κ3) is 3.25. The van der Waals surface area contributed by atoms with Crippen molar-refractivity contribution in [1.82, 2.24) is 9.97 Å². The van der Waals surface area contributed by atoms with E-state index in [-0.39, 0.29) is 0 Å². The smallest absolute Gasteiger partial charge is 0.0810 e. The fraction of sp³-hybridized carbons (Fsp3) is 0.0769. The molecule has 0 amide bonds. The van der Waals surface area contributed by atoms with Gasteiger partial charge in [0.05, 0.1) is 23.8 Å². The van der Waals surface area contributed by atoms with E-state index in [2.05, 4.69) is 95.0 Å². The van der Waals surface area contributed by atoms with Crippen LogP contribution in [0.1, 0.15) is 45.5 Å². The van der Waals surface area contributed by atoms with Gasteiger partial charge in [0, 0.05) is 11.8 Å². The van der Waals surface area contributed by atoms with Gasteiger partial charge in [-0.3, -0.25) is 9.97 Å². The van der Waals surface area contributed by atoms with E-state index in [1.165, 1.54) is 22.3 Å². The number of hydrogen-bond donors (Lipinski definition) is 0. The van der Waals surface area contributed by atoms with Gasteiger partial charge in [-0.1, -0.05) is 85.0 Å². The average molecular weight is 360 g/mol. The molecule has 2 heteroatoms. The maximum absolute atomic E-state index is 4.54. The van der Waals surface area contributed by atoms with Crippen molar-refractivity contribution in [2.24, 2.45) is 0 Å². The second kappa shape index (κ2) is 7.24. The summed E-state index contributed by atoms with van der Waals surface area (Å²) in [6, 6.07) is 17.0. The van der Waals surface area contributed by atoms with Crippen molar-refractivity contribution in [3.8, 4) is 0 Å². The summed E-state index contributed by atoms with van der Waals surface area (Å²) in [5.41, 5.74) is 7.03. The molecule has 2 aromatic carbocycles. The Morgan fingerprint density at radius 2 is 1.07 bits per heavy atom. The van der Waals surface area contributed by atoms with E-state index in [1.807, 2.05) is 24.5 Å². The predicted molar refractivity (Wildman–Crippen MR) is 117 cm³/mol. The van der Waals surface area contributed by atoms with Gasteiger partial charge in [0.15, 0.2) is 0 Å². The Morgan fingerprint density at radius 3 is 1.54 bits per heavy atom. The van der Waals surface area contributed by atoms with Crippen LogP contribution in [0.15, 0.2) is 85.2 Å². The third-order valence-corrected chi connectivity index (χ3v) is 5.32. The highest BCUT2D eigenvalue weighted by molar-refractivity contribution is 5.66. The topological polar surface area (TPSA) is 25.8 Å². The van der Waals surface area contributed by atoms with Crippen molar-refractivity contribution in [1.29, 1.82) is 0 Å². The largest absolute Gasteiger partial charge is 0.253 e. The van der Waals surface area contributed by atoms with E-state index in [0.717, 1.165) is 11.4 Å². The lowest BCUT2D eigenvalue weighted by Crippen LogP contribution is -1.91. The molecule has 2 nitrogen and oxygen atoms in total. The summed E-state index contributed by atoms with van der Waals surface area (Å²) in [5, 5.41) is 0. The summed E-state index contributed by atoms with van der Waals surface area (Å²) in [7, 11) is 0. The van der Waals surface area contributed by atoms with E-state index < -0.39 is 0 Å². The van der Waals surface area contributed by atoms with Crippen molar-refractivity contribution in [3.63, 3.8) is 0 Å². The van der Waals surface area contributed by atoms with Gasteiger partial charge in [-0.05, 0) is 34.4 Å². The van der Waals surface area contributed by atoms with Gasteiger partial charge >= 0.3 is 0 Å². The van der Waals surface area contributed by atoms with Crippen molar-refractivity contribution in [3.05, 3.63) is 119 Å². The van der Waals surface area contributed by atoms with Crippen LogP contribution in [-0.2, 0) is 0 Å². The maximum Gasteiger partial charge on any atom is 0.0810 e. The summed E-state index contributed by atoms with van der Waals surface area (Å²) >= 11 is 0. The molecule has 2 unspecified atom stereocenters. The molecule has 5 rings (SSSR count). The first-order valence-electron chi connectivity index (χ1n) is 9.59. The molecule has 3 aromatic rings. The number of rotatable bonds is 4. The predicted octanol–water partition coefficient (Wildman–Crippen LogP) is 6.12. The molecule has 0 saturated heterocycles. The third-order valence-electron chi connectivity index (χ3n) is 5.32. The highest BCUT2D eigenvalue weighted by Crippen LogP contribution is 2.32. The average Bonchev–Trinajstić information content (AvgIpc) is 3.36. The van der Waals surface area contributed by atoms with Gasteiger partial charge in [0.1, 0.15) is 0 Å². The minimum atomic E-state index is 0.312. The van der Waals surface area contributed by atoms with Crippen LogP contribution in [0.2, 0.25) is 0 Å². The Kier molecular flexibility index (Phi) is 4.30. The van der Waals surface area contributed by atoms with Crippen molar-refractivity contribution in [2.75, 3.05) is 0 Å². The molecule has 0 radical (unpaired) electrons. The van der Waals surface area contributed by atoms with Crippen molar-refractivity contribution in [2.45, 2.75) is 11.8 Å². The maximum atomic E-state index is 4.54. The Hall–Kier alpha value is -3.52. The van der Waals surface area contributed by atoms with Crippen LogP contribution in [0, 0.1) is 0 Å². The number of fused-ring (bicyclic) bond motifs is 2. The van der Waals surface area contributed by atoms with Crippen LogP contribution in [0.5, 0.6) is 0 Å². The Balaban J connectivity index is 1.27. The van der Waals surface area contributed by atoms with Gasteiger partial charge < -0.3 is 0 Å². The molecular formula is C26H20N2. The molecule has 0 spiro atoms. The molecule has 28 heavy (non-hydrogen) atoms. The van der Waals surface area contributed by atoms with Crippen molar-refractivity contribution < 1.29 is 0 Å². The van der Waals surface area contributed by atoms with Crippen LogP contribution in [0.3, 0.4) is 0 Å². The fourth-order valence-corrected chi connectivity index (χ4v) is 3.81. The van der Waals surface area contributed by atoms with Crippen molar-refractivity contribution >= 4 is 24.3 Å². The number of hydrogen-bond acceptors (Lipinski definition) is 2. The number of benzene rings is 2. The minimum absolute atomic E-state index is 0.312. The van der Waals surface area contributed by atoms with Crippen LogP contribution in [0.25, 0.3) is 24.3 Å². The first-order valence-corrected chi connectivity index (χ1v) is 9.59. The summed E-state index contributed by atoms with van der Waals surface area (Å²) < 4.78 is 0. The van der Waals surface area contributed by atoms with E-state index in [1.54, 1.807) is 0 Å². The van der Waals surface area contributed by atoms with Gasteiger partial charge in [-0.2, -0.15) is 0 Å². The zero-order valence-electron chi connectivity index (χ0n) is 15.4. The number of allylic oxidation sites excluding steroid dienone is 4. The fourth-order valence-electron chi connectivity index (χ4n) is 3.81. The molecule has 0 aliphatic heterocycles. The second-order valence-corrected chi connectivity index (χ2v) is 7.11. The Morgan fingerprint density at radius 1 is 0.607 bits per heavy atom. The first-order chi connectivity index (χ1) is 13.9. The lowest BCUT2D eigenvalue weighted by molar-refractivity contribution is 1.10. The molecular weight excluding hydrogens is 340 g/mol. The quantitative estimate of drug-likeness (QED) is 0.560. The van der Waals surface area contributed by atoms with Gasteiger partial charge in [0.2, 0.25) is 0 Å². The minimum Gasteiger partial charge on any atom is -0.253 e. The lowest BCUT2D eigenvalue weighted by atomic mass is 10.00. The van der Waals surface area contributed by atoms with Crippen LogP contribution in [-0.4, -0.2) is 9.97 Å². The zero-order chi connectivity index (χ0) is 18.8. The van der Waals surface area contributed by atoms with E-state index in [4.69, 9.17) is 0 Å². The molecule has 2 aliphatic carbocycles. The van der Waals surface area contributed by atoms with E-state index >= 15 is 0 Å². The highest BCUT2D eigenvalue weighted by Gasteiger charge is 2.14. The second-order valence-electron chi connectivity index (χ2n) is 7.11. The Labute approximate surface area is 165 Å². The van der Waals surface area contributed by atoms with Crippen LogP contribution >= 0.6 is 0 Å². The molecule has 0 saturated carbocycles. The molecule has 2 aliphatic rings. The molecule has 1 aromatic heterocycles. The lowest BCUT2D eigenvalue weighted by Gasteiger charge is -2.05. The van der Waals surface area contributed by atoms with Gasteiger partial charge in [0.25, 0.3) is 0 Å². The Bertz CT molecular complexity index is 1030. The summed E-state index contributed by atoms with van der Waals surface area (Å²) in [6.45, 7) is 0. The number of nitrogens with zero attached hydrogens (tertiary/aromatic N) is 2. The molecule has 0 fully saturated rings. The molecule has 2 atom stereocenters. The zero-order valence-corrected chi connectivity index (χ0v) is 15.4. The normalized spacial score (nSPS) is 19.6. The summed E-state index contributed by atoms with van der Waals surface area (Å²) in [5.74, 6) is 0.624. The van der Waals surface area contributed by atoms with Crippen LogP contribution < -0.4 is 0 Å². The molecule has 0 bridgehead atoms. The van der Waals surface area contributed by atoms with Gasteiger partial charge in [-0.15, -0.1) is 0 Å². The SMILES string of the molecule is C(=CC1C=Cc2ccccc21)c1cnc(C=CC2C=Cc3ccccc32)cn1. The monoisotopic (exact) mass is 360 g/mol. The molecule has 1 heterocycles. The standard InChI is InChI=1S/C26H20N2/c1-3-7-25-19(5-1)9-11-21(25)13-15-23-17-28-24(18-27-23)16-14-22-12-10-20-6-2-4-8-26(20)22/h1-18,21-22H. The molecule has 134 valence electrons. The summed E-state index contributed by atoms with van der Waals surface area (Å²) in [6.07, 6.45) is 20.9. The van der Waals surface area contributed by atoms with Gasteiger partial charge in [-0.25, -0.2) is 0 Å².